The molecule has 1 aromatic rings. The van der Waals surface area contributed by atoms with E-state index in [9.17, 15) is 4.79 Å². The molecule has 0 radical (unpaired) electrons. The van der Waals surface area contributed by atoms with E-state index in [1.165, 1.54) is 0 Å². The van der Waals surface area contributed by atoms with Gasteiger partial charge in [0.1, 0.15) is 11.3 Å². The molecule has 0 aliphatic carbocycles. The van der Waals surface area contributed by atoms with Crippen molar-refractivity contribution in [1.29, 1.82) is 0 Å². The van der Waals surface area contributed by atoms with Crippen molar-refractivity contribution in [3.63, 3.8) is 0 Å². The molecular formula is C12H20ClN3O2. The van der Waals surface area contributed by atoms with Gasteiger partial charge in [0, 0.05) is 25.2 Å². The van der Waals surface area contributed by atoms with Gasteiger partial charge in [0.05, 0.1) is 5.69 Å². The van der Waals surface area contributed by atoms with Crippen molar-refractivity contribution in [2.24, 2.45) is 0 Å². The fraction of sp³-hybridized carbons (Fsp3) is 0.667. The second-order valence-electron chi connectivity index (χ2n) is 4.82. The maximum absolute atomic E-state index is 12.5. The van der Waals surface area contributed by atoms with Crippen molar-refractivity contribution >= 4 is 18.3 Å². The Labute approximate surface area is 113 Å². The number of rotatable bonds is 1. The lowest BCUT2D eigenvalue weighted by Gasteiger charge is -2.37. The smallest absolute Gasteiger partial charge is 0.259 e. The lowest BCUT2D eigenvalue weighted by molar-refractivity contribution is 0.0614. The highest BCUT2D eigenvalue weighted by atomic mass is 35.5. The van der Waals surface area contributed by atoms with Crippen molar-refractivity contribution < 1.29 is 9.32 Å². The minimum atomic E-state index is 0. The Balaban J connectivity index is 0.00000162. The molecule has 2 unspecified atom stereocenters. The predicted molar refractivity (Wildman–Crippen MR) is 71.2 cm³/mol. The fourth-order valence-electron chi connectivity index (χ4n) is 2.24. The quantitative estimate of drug-likeness (QED) is 0.843. The Morgan fingerprint density at radius 2 is 2.11 bits per heavy atom. The molecule has 1 N–H and O–H groups in total. The molecule has 1 saturated heterocycles. The van der Waals surface area contributed by atoms with Gasteiger partial charge in [-0.05, 0) is 27.7 Å². The van der Waals surface area contributed by atoms with Crippen molar-refractivity contribution in [1.82, 2.24) is 15.4 Å². The Bertz CT molecular complexity index is 413. The van der Waals surface area contributed by atoms with E-state index in [1.54, 1.807) is 13.8 Å². The molecule has 1 amide bonds. The molecule has 0 spiro atoms. The van der Waals surface area contributed by atoms with E-state index in [-0.39, 0.29) is 24.4 Å². The molecule has 18 heavy (non-hydrogen) atoms. The number of halogens is 1. The third-order valence-corrected chi connectivity index (χ3v) is 3.27. The van der Waals surface area contributed by atoms with Gasteiger partial charge in [-0.25, -0.2) is 0 Å². The molecule has 6 heteroatoms. The Hall–Kier alpha value is -1.07. The Morgan fingerprint density at radius 3 is 2.67 bits per heavy atom. The normalized spacial score (nSPS) is 23.7. The summed E-state index contributed by atoms with van der Waals surface area (Å²) in [5.74, 6) is 0.632. The summed E-state index contributed by atoms with van der Waals surface area (Å²) in [7, 11) is 0. The number of carbonyl (C=O) groups is 1. The lowest BCUT2D eigenvalue weighted by Crippen LogP contribution is -2.56. The molecule has 2 heterocycles. The number of amides is 1. The molecule has 102 valence electrons. The van der Waals surface area contributed by atoms with Crippen LogP contribution in [0.15, 0.2) is 4.52 Å². The van der Waals surface area contributed by atoms with Gasteiger partial charge in [-0.2, -0.15) is 0 Å². The van der Waals surface area contributed by atoms with E-state index in [4.69, 9.17) is 4.52 Å². The van der Waals surface area contributed by atoms with Crippen molar-refractivity contribution in [3.8, 4) is 0 Å². The molecule has 1 aromatic heterocycles. The highest BCUT2D eigenvalue weighted by Crippen LogP contribution is 2.18. The van der Waals surface area contributed by atoms with Crippen molar-refractivity contribution in [2.75, 3.05) is 13.1 Å². The largest absolute Gasteiger partial charge is 0.361 e. The molecule has 0 aromatic carbocycles. The number of hydrogen-bond acceptors (Lipinski definition) is 4. The number of nitrogens with zero attached hydrogens (tertiary/aromatic N) is 2. The topological polar surface area (TPSA) is 58.4 Å². The average Bonchev–Trinajstić information content (AvgIpc) is 2.61. The van der Waals surface area contributed by atoms with Crippen LogP contribution in [-0.2, 0) is 0 Å². The highest BCUT2D eigenvalue weighted by molar-refractivity contribution is 5.96. The van der Waals surface area contributed by atoms with Gasteiger partial charge in [-0.15, -0.1) is 12.4 Å². The van der Waals surface area contributed by atoms with E-state index in [2.05, 4.69) is 24.3 Å². The summed E-state index contributed by atoms with van der Waals surface area (Å²) in [4.78, 5) is 14.4. The van der Waals surface area contributed by atoms with E-state index >= 15 is 0 Å². The van der Waals surface area contributed by atoms with Gasteiger partial charge < -0.3 is 14.7 Å². The first kappa shape index (κ1) is 15.0. The van der Waals surface area contributed by atoms with Crippen molar-refractivity contribution in [2.45, 2.75) is 39.8 Å². The number of aromatic nitrogens is 1. The second-order valence-corrected chi connectivity index (χ2v) is 4.82. The Kier molecular flexibility index (Phi) is 4.76. The number of nitrogens with one attached hydrogen (secondary N) is 1. The third-order valence-electron chi connectivity index (χ3n) is 3.27. The van der Waals surface area contributed by atoms with Crippen LogP contribution in [0.1, 0.15) is 35.7 Å². The molecule has 1 fully saturated rings. The van der Waals surface area contributed by atoms with Gasteiger partial charge in [-0.3, -0.25) is 4.79 Å². The second kappa shape index (κ2) is 5.71. The third kappa shape index (κ3) is 2.67. The summed E-state index contributed by atoms with van der Waals surface area (Å²) < 4.78 is 5.06. The number of carbonyl (C=O) groups excluding carboxylic acids is 1. The van der Waals surface area contributed by atoms with Gasteiger partial charge in [0.15, 0.2) is 0 Å². The molecule has 5 nitrogen and oxygen atoms in total. The Morgan fingerprint density at radius 1 is 1.44 bits per heavy atom. The van der Waals surface area contributed by atoms with E-state index in [0.717, 1.165) is 13.1 Å². The fourth-order valence-corrected chi connectivity index (χ4v) is 2.24. The standard InChI is InChI=1S/C12H19N3O2.ClH/c1-7-6-15(8(2)5-13-7)12(16)11-9(3)14-17-10(11)4;/h7-8,13H,5-6H2,1-4H3;1H. The van der Waals surface area contributed by atoms with Crippen LogP contribution in [0, 0.1) is 13.8 Å². The minimum Gasteiger partial charge on any atom is -0.361 e. The van der Waals surface area contributed by atoms with Gasteiger partial charge in [-0.1, -0.05) is 5.16 Å². The van der Waals surface area contributed by atoms with Crippen LogP contribution in [0.4, 0.5) is 0 Å². The summed E-state index contributed by atoms with van der Waals surface area (Å²) in [6.45, 7) is 9.28. The molecule has 2 atom stereocenters. The predicted octanol–water partition coefficient (Wildman–Crippen LogP) is 1.54. The van der Waals surface area contributed by atoms with Crippen LogP contribution in [0.5, 0.6) is 0 Å². The van der Waals surface area contributed by atoms with Crippen LogP contribution >= 0.6 is 12.4 Å². The first-order valence-corrected chi connectivity index (χ1v) is 5.98. The summed E-state index contributed by atoms with van der Waals surface area (Å²) >= 11 is 0. The molecule has 1 aliphatic heterocycles. The van der Waals surface area contributed by atoms with Crippen LogP contribution in [0.25, 0.3) is 0 Å². The first-order chi connectivity index (χ1) is 8.00. The zero-order valence-corrected chi connectivity index (χ0v) is 12.0. The maximum atomic E-state index is 12.5. The molecular weight excluding hydrogens is 254 g/mol. The van der Waals surface area contributed by atoms with Crippen molar-refractivity contribution in [3.05, 3.63) is 17.0 Å². The summed E-state index contributed by atoms with van der Waals surface area (Å²) in [6, 6.07) is 0.531. The molecule has 2 rings (SSSR count). The molecule has 1 aliphatic rings. The molecule has 0 saturated carbocycles. The highest BCUT2D eigenvalue weighted by Gasteiger charge is 2.30. The zero-order chi connectivity index (χ0) is 12.6. The van der Waals surface area contributed by atoms with Gasteiger partial charge in [0.25, 0.3) is 5.91 Å². The number of piperazine rings is 1. The van der Waals surface area contributed by atoms with Crippen LogP contribution in [0.2, 0.25) is 0 Å². The summed E-state index contributed by atoms with van der Waals surface area (Å²) in [5, 5.41) is 7.20. The van der Waals surface area contributed by atoms with Gasteiger partial charge in [0.2, 0.25) is 0 Å². The lowest BCUT2D eigenvalue weighted by atomic mass is 10.1. The van der Waals surface area contributed by atoms with Crippen LogP contribution in [-0.4, -0.2) is 41.1 Å². The van der Waals surface area contributed by atoms with E-state index in [1.807, 2.05) is 4.90 Å². The average molecular weight is 274 g/mol. The summed E-state index contributed by atoms with van der Waals surface area (Å²) in [5.41, 5.74) is 1.29. The van der Waals surface area contributed by atoms with Gasteiger partial charge >= 0.3 is 0 Å². The zero-order valence-electron chi connectivity index (χ0n) is 11.2. The van der Waals surface area contributed by atoms with E-state index in [0.29, 0.717) is 23.1 Å². The minimum absolute atomic E-state index is 0. The molecule has 0 bridgehead atoms. The number of aryl methyl sites for hydroxylation is 2. The summed E-state index contributed by atoms with van der Waals surface area (Å²) in [6.07, 6.45) is 0. The van der Waals surface area contributed by atoms with Crippen LogP contribution < -0.4 is 5.32 Å². The maximum Gasteiger partial charge on any atom is 0.259 e. The SMILES string of the molecule is Cc1noc(C)c1C(=O)N1CC(C)NCC1C.Cl. The monoisotopic (exact) mass is 273 g/mol. The van der Waals surface area contributed by atoms with Crippen LogP contribution in [0.3, 0.4) is 0 Å². The first-order valence-electron chi connectivity index (χ1n) is 5.98. The van der Waals surface area contributed by atoms with E-state index < -0.39 is 0 Å². The number of hydrogen-bond donors (Lipinski definition) is 1.